The fourth-order valence-corrected chi connectivity index (χ4v) is 3.14. The number of thioether (sulfide) groups is 1. The lowest BCUT2D eigenvalue weighted by atomic mass is 10.1. The van der Waals surface area contributed by atoms with Crippen LogP contribution < -0.4 is 0 Å². The van der Waals surface area contributed by atoms with Crippen LogP contribution in [-0.4, -0.2) is 33.4 Å². The number of nitro benzene ring substituents is 1. The summed E-state index contributed by atoms with van der Waals surface area (Å²) in [6.07, 6.45) is 0. The molecule has 0 saturated heterocycles. The summed E-state index contributed by atoms with van der Waals surface area (Å²) in [6.45, 7) is 5.46. The van der Waals surface area contributed by atoms with Crippen LogP contribution in [0.2, 0.25) is 0 Å². The van der Waals surface area contributed by atoms with Gasteiger partial charge in [0.05, 0.1) is 15.4 Å². The van der Waals surface area contributed by atoms with Crippen molar-refractivity contribution < 1.29 is 14.5 Å². The number of benzene rings is 1. The van der Waals surface area contributed by atoms with Crippen LogP contribution in [-0.2, 0) is 9.59 Å². The van der Waals surface area contributed by atoms with Crippen LogP contribution in [0.4, 0.5) is 5.69 Å². The molecule has 0 aliphatic carbocycles. The lowest BCUT2D eigenvalue weighted by molar-refractivity contribution is -0.384. The Balaban J connectivity index is 2.50. The predicted octanol–water partition coefficient (Wildman–Crippen LogP) is 2.84. The smallest absolute Gasteiger partial charge is 0.269 e. The standard InChI is InChI=1S/C15H16N2O4S/c1-4-22-13-12(14(18)16(9(2)3)15(13)19)10-5-7-11(8-6-10)17(20)21/h5-9H,4H2,1-3H3. The number of amides is 2. The number of carbonyl (C=O) groups excluding carboxylic acids is 2. The van der Waals surface area contributed by atoms with Crippen molar-refractivity contribution in [1.82, 2.24) is 4.90 Å². The molecule has 2 rings (SSSR count). The minimum absolute atomic E-state index is 0.0495. The number of hydrogen-bond acceptors (Lipinski definition) is 5. The van der Waals surface area contributed by atoms with Gasteiger partial charge in [0, 0.05) is 18.2 Å². The van der Waals surface area contributed by atoms with Gasteiger partial charge in [-0.3, -0.25) is 24.6 Å². The van der Waals surface area contributed by atoms with Gasteiger partial charge in [-0.15, -0.1) is 11.8 Å². The first-order valence-corrected chi connectivity index (χ1v) is 7.86. The number of nitrogens with zero attached hydrogens (tertiary/aromatic N) is 2. The van der Waals surface area contributed by atoms with Crippen molar-refractivity contribution in [3.8, 4) is 0 Å². The Morgan fingerprint density at radius 2 is 1.77 bits per heavy atom. The summed E-state index contributed by atoms with van der Waals surface area (Å²) in [7, 11) is 0. The zero-order chi connectivity index (χ0) is 16.4. The maximum Gasteiger partial charge on any atom is 0.269 e. The maximum absolute atomic E-state index is 12.6. The quantitative estimate of drug-likeness (QED) is 0.473. The SMILES string of the molecule is CCSC1=C(c2ccc([N+](=O)[O-])cc2)C(=O)N(C(C)C)C1=O. The number of rotatable bonds is 5. The summed E-state index contributed by atoms with van der Waals surface area (Å²) >= 11 is 1.32. The van der Waals surface area contributed by atoms with Crippen molar-refractivity contribution >= 4 is 34.8 Å². The zero-order valence-electron chi connectivity index (χ0n) is 12.5. The van der Waals surface area contributed by atoms with Crippen molar-refractivity contribution in [2.75, 3.05) is 5.75 Å². The highest BCUT2D eigenvalue weighted by molar-refractivity contribution is 8.04. The van der Waals surface area contributed by atoms with Gasteiger partial charge in [-0.05, 0) is 37.3 Å². The fourth-order valence-electron chi connectivity index (χ4n) is 2.28. The molecule has 0 spiro atoms. The topological polar surface area (TPSA) is 80.5 Å². The second-order valence-corrected chi connectivity index (χ2v) is 6.29. The highest BCUT2D eigenvalue weighted by atomic mass is 32.2. The molecule has 1 aliphatic heterocycles. The number of carbonyl (C=O) groups is 2. The van der Waals surface area contributed by atoms with Crippen LogP contribution in [0.25, 0.3) is 5.57 Å². The lowest BCUT2D eigenvalue weighted by Gasteiger charge is -2.19. The Bertz CT molecular complexity index is 665. The highest BCUT2D eigenvalue weighted by Gasteiger charge is 2.40. The van der Waals surface area contributed by atoms with Crippen LogP contribution >= 0.6 is 11.8 Å². The summed E-state index contributed by atoms with van der Waals surface area (Å²) in [5, 5.41) is 10.7. The molecule has 0 N–H and O–H groups in total. The van der Waals surface area contributed by atoms with Gasteiger partial charge < -0.3 is 0 Å². The van der Waals surface area contributed by atoms with E-state index in [1.54, 1.807) is 13.8 Å². The zero-order valence-corrected chi connectivity index (χ0v) is 13.3. The number of non-ortho nitro benzene ring substituents is 1. The summed E-state index contributed by atoms with van der Waals surface area (Å²) in [4.78, 5) is 36.8. The fraction of sp³-hybridized carbons (Fsp3) is 0.333. The Kier molecular flexibility index (Phi) is 4.65. The first kappa shape index (κ1) is 16.2. The van der Waals surface area contributed by atoms with Gasteiger partial charge in [0.25, 0.3) is 17.5 Å². The lowest BCUT2D eigenvalue weighted by Crippen LogP contribution is -2.37. The average molecular weight is 320 g/mol. The first-order chi connectivity index (χ1) is 10.4. The summed E-state index contributed by atoms with van der Waals surface area (Å²) < 4.78 is 0. The van der Waals surface area contributed by atoms with Gasteiger partial charge in [-0.25, -0.2) is 0 Å². The molecule has 0 unspecified atom stereocenters. The molecule has 7 heteroatoms. The molecular formula is C15H16N2O4S. The monoisotopic (exact) mass is 320 g/mol. The molecule has 2 amide bonds. The molecule has 116 valence electrons. The van der Waals surface area contributed by atoms with Crippen molar-refractivity contribution in [3.05, 3.63) is 44.8 Å². The van der Waals surface area contributed by atoms with E-state index in [4.69, 9.17) is 0 Å². The van der Waals surface area contributed by atoms with E-state index in [9.17, 15) is 19.7 Å². The van der Waals surface area contributed by atoms with Crippen molar-refractivity contribution in [2.24, 2.45) is 0 Å². The highest BCUT2D eigenvalue weighted by Crippen LogP contribution is 2.37. The molecule has 6 nitrogen and oxygen atoms in total. The Morgan fingerprint density at radius 3 is 2.23 bits per heavy atom. The van der Waals surface area contributed by atoms with E-state index in [-0.39, 0.29) is 23.5 Å². The van der Waals surface area contributed by atoms with Gasteiger partial charge in [0.1, 0.15) is 0 Å². The average Bonchev–Trinajstić information content (AvgIpc) is 2.70. The van der Waals surface area contributed by atoms with E-state index < -0.39 is 4.92 Å². The molecule has 0 atom stereocenters. The van der Waals surface area contributed by atoms with E-state index in [0.29, 0.717) is 21.8 Å². The van der Waals surface area contributed by atoms with Crippen LogP contribution in [0.5, 0.6) is 0 Å². The van der Waals surface area contributed by atoms with E-state index in [0.717, 1.165) is 0 Å². The van der Waals surface area contributed by atoms with E-state index >= 15 is 0 Å². The van der Waals surface area contributed by atoms with Gasteiger partial charge in [0.2, 0.25) is 0 Å². The number of nitro groups is 1. The molecule has 0 fully saturated rings. The molecule has 0 saturated carbocycles. The van der Waals surface area contributed by atoms with Gasteiger partial charge in [0.15, 0.2) is 0 Å². The second-order valence-electron chi connectivity index (χ2n) is 5.02. The summed E-state index contributed by atoms with van der Waals surface area (Å²) in [5.41, 5.74) is 0.815. The number of hydrogen-bond donors (Lipinski definition) is 0. The molecule has 1 heterocycles. The first-order valence-electron chi connectivity index (χ1n) is 6.88. The van der Waals surface area contributed by atoms with E-state index in [2.05, 4.69) is 0 Å². The Morgan fingerprint density at radius 1 is 1.18 bits per heavy atom. The minimum Gasteiger partial charge on any atom is -0.271 e. The largest absolute Gasteiger partial charge is 0.271 e. The van der Waals surface area contributed by atoms with Crippen LogP contribution in [0.15, 0.2) is 29.2 Å². The second kappa shape index (κ2) is 6.31. The molecule has 0 radical (unpaired) electrons. The van der Waals surface area contributed by atoms with E-state index in [1.807, 2.05) is 6.92 Å². The third kappa shape index (κ3) is 2.76. The molecule has 1 aromatic carbocycles. The third-order valence-electron chi connectivity index (χ3n) is 3.24. The van der Waals surface area contributed by atoms with Gasteiger partial charge in [-0.1, -0.05) is 6.92 Å². The van der Waals surface area contributed by atoms with E-state index in [1.165, 1.54) is 40.9 Å². The van der Waals surface area contributed by atoms with Crippen molar-refractivity contribution in [1.29, 1.82) is 0 Å². The van der Waals surface area contributed by atoms with Crippen molar-refractivity contribution in [3.63, 3.8) is 0 Å². The van der Waals surface area contributed by atoms with Gasteiger partial charge >= 0.3 is 0 Å². The molecule has 1 aromatic rings. The molecule has 0 aromatic heterocycles. The number of imide groups is 1. The maximum atomic E-state index is 12.6. The molecule has 1 aliphatic rings. The Labute approximate surface area is 132 Å². The summed E-state index contributed by atoms with van der Waals surface area (Å²) in [5.74, 6) is 0.0292. The predicted molar refractivity (Wildman–Crippen MR) is 85.1 cm³/mol. The van der Waals surface area contributed by atoms with Crippen LogP contribution in [0.3, 0.4) is 0 Å². The summed E-state index contributed by atoms with van der Waals surface area (Å²) in [6, 6.07) is 5.47. The van der Waals surface area contributed by atoms with Crippen LogP contribution in [0.1, 0.15) is 26.3 Å². The Hall–Kier alpha value is -2.15. The van der Waals surface area contributed by atoms with Gasteiger partial charge in [-0.2, -0.15) is 0 Å². The molecular weight excluding hydrogens is 304 g/mol. The minimum atomic E-state index is -0.498. The third-order valence-corrected chi connectivity index (χ3v) is 4.20. The molecule has 22 heavy (non-hydrogen) atoms. The molecule has 0 bridgehead atoms. The van der Waals surface area contributed by atoms with Crippen molar-refractivity contribution in [2.45, 2.75) is 26.8 Å². The normalized spacial score (nSPS) is 15.2. The van der Waals surface area contributed by atoms with Crippen LogP contribution in [0, 0.1) is 10.1 Å².